The van der Waals surface area contributed by atoms with Gasteiger partial charge in [-0.2, -0.15) is 5.26 Å². The fraction of sp³-hybridized carbons (Fsp3) is 0.536. The predicted octanol–water partition coefficient (Wildman–Crippen LogP) is 4.24. The second-order valence-electron chi connectivity index (χ2n) is 10.5. The van der Waals surface area contributed by atoms with Crippen LogP contribution in [0.2, 0.25) is 0 Å². The lowest BCUT2D eigenvalue weighted by atomic mass is 9.71. The predicted molar refractivity (Wildman–Crippen MR) is 131 cm³/mol. The number of rotatable bonds is 2. The maximum atomic E-state index is 11.4. The van der Waals surface area contributed by atoms with E-state index in [2.05, 4.69) is 49.8 Å². The number of nitrogens with zero attached hydrogens (tertiary/aromatic N) is 3. The minimum absolute atomic E-state index is 0.0355. The number of ether oxygens (including phenoxy) is 3. The smallest absolute Gasteiger partial charge is 0.231 e. The van der Waals surface area contributed by atoms with E-state index in [4.69, 9.17) is 14.2 Å². The molecule has 2 aromatic rings. The molecule has 0 amide bonds. The highest BCUT2D eigenvalue weighted by atomic mass is 16.7. The molecule has 184 valence electrons. The van der Waals surface area contributed by atoms with Crippen molar-refractivity contribution in [1.29, 1.82) is 5.26 Å². The number of phenolic OH excluding ortho intramolecular Hbond substituents is 1. The van der Waals surface area contributed by atoms with Crippen molar-refractivity contribution in [2.45, 2.75) is 77.2 Å². The second-order valence-corrected chi connectivity index (χ2v) is 10.5. The topological polar surface area (TPSA) is 78.2 Å². The molecule has 4 heterocycles. The zero-order valence-corrected chi connectivity index (χ0v) is 21.3. The van der Waals surface area contributed by atoms with Gasteiger partial charge in [0.05, 0.1) is 19.2 Å². The molecule has 2 aromatic carbocycles. The molecule has 4 aliphatic rings. The normalized spacial score (nSPS) is 28.7. The van der Waals surface area contributed by atoms with E-state index in [0.717, 1.165) is 53.0 Å². The van der Waals surface area contributed by atoms with Crippen molar-refractivity contribution in [3.63, 3.8) is 0 Å². The van der Waals surface area contributed by atoms with Gasteiger partial charge < -0.3 is 19.3 Å². The molecule has 35 heavy (non-hydrogen) atoms. The Kier molecular flexibility index (Phi) is 5.00. The largest absolute Gasteiger partial charge is 0.504 e. The van der Waals surface area contributed by atoms with Crippen molar-refractivity contribution >= 4 is 0 Å². The Morgan fingerprint density at radius 2 is 1.86 bits per heavy atom. The fourth-order valence-electron chi connectivity index (χ4n) is 7.44. The zero-order chi connectivity index (χ0) is 24.8. The lowest BCUT2D eigenvalue weighted by Crippen LogP contribution is -2.68. The van der Waals surface area contributed by atoms with Gasteiger partial charge in [-0.25, -0.2) is 0 Å². The molecule has 1 fully saturated rings. The van der Waals surface area contributed by atoms with Crippen LogP contribution in [0.5, 0.6) is 23.0 Å². The first-order chi connectivity index (χ1) is 16.8. The van der Waals surface area contributed by atoms with Crippen LogP contribution in [0.15, 0.2) is 6.07 Å². The minimum Gasteiger partial charge on any atom is -0.504 e. The van der Waals surface area contributed by atoms with Gasteiger partial charge in [-0.1, -0.05) is 13.0 Å². The molecule has 4 aliphatic heterocycles. The van der Waals surface area contributed by atoms with E-state index in [9.17, 15) is 10.4 Å². The molecule has 0 aromatic heterocycles. The van der Waals surface area contributed by atoms with Gasteiger partial charge in [0.15, 0.2) is 23.0 Å². The first kappa shape index (κ1) is 22.5. The number of piperazine rings is 1. The average Bonchev–Trinajstić information content (AvgIpc) is 3.32. The lowest BCUT2D eigenvalue weighted by Gasteiger charge is -2.60. The Labute approximate surface area is 206 Å². The molecule has 0 saturated carbocycles. The fourth-order valence-corrected chi connectivity index (χ4v) is 7.44. The van der Waals surface area contributed by atoms with Crippen LogP contribution in [0.25, 0.3) is 0 Å². The first-order valence-corrected chi connectivity index (χ1v) is 12.5. The quantitative estimate of drug-likeness (QED) is 0.696. The monoisotopic (exact) mass is 475 g/mol. The summed E-state index contributed by atoms with van der Waals surface area (Å²) < 4.78 is 17.5. The summed E-state index contributed by atoms with van der Waals surface area (Å²) in [6.07, 6.45) is 2.36. The Morgan fingerprint density at radius 3 is 2.54 bits per heavy atom. The van der Waals surface area contributed by atoms with Crippen molar-refractivity contribution in [1.82, 2.24) is 9.80 Å². The van der Waals surface area contributed by atoms with Crippen LogP contribution >= 0.6 is 0 Å². The van der Waals surface area contributed by atoms with E-state index in [1.165, 1.54) is 16.7 Å². The molecule has 1 saturated heterocycles. The first-order valence-electron chi connectivity index (χ1n) is 12.5. The van der Waals surface area contributed by atoms with Gasteiger partial charge >= 0.3 is 0 Å². The number of hydrogen-bond acceptors (Lipinski definition) is 7. The second kappa shape index (κ2) is 7.78. The number of aryl methyl sites for hydroxylation is 1. The number of methoxy groups -OCH3 is 1. The van der Waals surface area contributed by atoms with E-state index >= 15 is 0 Å². The summed E-state index contributed by atoms with van der Waals surface area (Å²) in [5, 5.41) is 21.9. The van der Waals surface area contributed by atoms with Crippen molar-refractivity contribution in [2.75, 3.05) is 21.0 Å². The lowest BCUT2D eigenvalue weighted by molar-refractivity contribution is -0.0735. The Bertz CT molecular complexity index is 1280. The van der Waals surface area contributed by atoms with Crippen LogP contribution in [-0.4, -0.2) is 54.0 Å². The molecule has 1 N–H and O–H groups in total. The van der Waals surface area contributed by atoms with Crippen LogP contribution in [0.4, 0.5) is 0 Å². The number of aromatic hydroxyl groups is 1. The molecule has 0 spiro atoms. The van der Waals surface area contributed by atoms with Crippen LogP contribution in [-0.2, 0) is 12.8 Å². The van der Waals surface area contributed by atoms with Crippen molar-refractivity contribution < 1.29 is 19.3 Å². The van der Waals surface area contributed by atoms with Crippen LogP contribution in [0, 0.1) is 32.1 Å². The molecular weight excluding hydrogens is 442 g/mol. The number of benzene rings is 2. The SMILES string of the molecule is CC[C@H]1c2c(c(C)c(C)c3c2OCO3)CC2[C@@H]3c4c(cc(C)c(OC)c4O)C[C@@H]([C@H](C#N)N21)N3C. The van der Waals surface area contributed by atoms with Crippen LogP contribution in [0.3, 0.4) is 0 Å². The van der Waals surface area contributed by atoms with Crippen LogP contribution in [0.1, 0.15) is 64.4 Å². The maximum Gasteiger partial charge on any atom is 0.231 e. The molecule has 5 atom stereocenters. The minimum atomic E-state index is -0.267. The third-order valence-corrected chi connectivity index (χ3v) is 9.05. The van der Waals surface area contributed by atoms with Crippen molar-refractivity contribution in [3.05, 3.63) is 45.0 Å². The molecule has 0 radical (unpaired) electrons. The molecule has 2 bridgehead atoms. The van der Waals surface area contributed by atoms with E-state index in [0.29, 0.717) is 5.75 Å². The van der Waals surface area contributed by atoms with Gasteiger partial charge in [-0.3, -0.25) is 9.80 Å². The summed E-state index contributed by atoms with van der Waals surface area (Å²) in [4.78, 5) is 4.77. The summed E-state index contributed by atoms with van der Waals surface area (Å²) in [5.41, 5.74) is 7.86. The summed E-state index contributed by atoms with van der Waals surface area (Å²) in [6.45, 7) is 8.68. The third-order valence-electron chi connectivity index (χ3n) is 9.05. The van der Waals surface area contributed by atoms with E-state index < -0.39 is 0 Å². The zero-order valence-electron chi connectivity index (χ0n) is 21.3. The number of likely N-dealkylation sites (N-methyl/N-ethyl adjacent to an activating group) is 1. The van der Waals surface area contributed by atoms with Gasteiger partial charge in [0.1, 0.15) is 6.04 Å². The highest BCUT2D eigenvalue weighted by Gasteiger charge is 2.56. The molecule has 7 nitrogen and oxygen atoms in total. The van der Waals surface area contributed by atoms with E-state index in [1.54, 1.807) is 7.11 Å². The Balaban J connectivity index is 1.61. The summed E-state index contributed by atoms with van der Waals surface area (Å²) >= 11 is 0. The van der Waals surface area contributed by atoms with Gasteiger partial charge in [0.25, 0.3) is 0 Å². The number of nitriles is 1. The summed E-state index contributed by atoms with van der Waals surface area (Å²) in [5.74, 6) is 2.49. The van der Waals surface area contributed by atoms with Crippen molar-refractivity contribution in [3.8, 4) is 29.1 Å². The molecule has 1 unspecified atom stereocenters. The Morgan fingerprint density at radius 1 is 1.11 bits per heavy atom. The van der Waals surface area contributed by atoms with Crippen LogP contribution < -0.4 is 14.2 Å². The van der Waals surface area contributed by atoms with Gasteiger partial charge in [-0.05, 0) is 74.9 Å². The molecule has 0 aliphatic carbocycles. The van der Waals surface area contributed by atoms with Crippen molar-refractivity contribution in [2.24, 2.45) is 0 Å². The average molecular weight is 476 g/mol. The number of phenols is 1. The Hall–Kier alpha value is -2.95. The van der Waals surface area contributed by atoms with E-state index in [1.807, 2.05) is 6.92 Å². The highest BCUT2D eigenvalue weighted by molar-refractivity contribution is 5.63. The van der Waals surface area contributed by atoms with Gasteiger partial charge in [0, 0.05) is 29.3 Å². The van der Waals surface area contributed by atoms with E-state index in [-0.39, 0.29) is 42.8 Å². The summed E-state index contributed by atoms with van der Waals surface area (Å²) in [7, 11) is 3.72. The molecular formula is C28H33N3O4. The number of fused-ring (bicyclic) bond motifs is 9. The summed E-state index contributed by atoms with van der Waals surface area (Å²) in [6, 6.07) is 4.63. The molecule has 6 rings (SSSR count). The maximum absolute atomic E-state index is 11.4. The highest BCUT2D eigenvalue weighted by Crippen LogP contribution is 2.57. The number of hydrogen-bond donors (Lipinski definition) is 1. The van der Waals surface area contributed by atoms with Gasteiger partial charge in [0.2, 0.25) is 6.79 Å². The standard InChI is InChI=1S/C28H33N3O4/c1-7-18-23-17(14(3)15(4)27-28(23)35-12-34-27)10-20-24-22-16(8-13(2)26(33-6)25(22)32)9-19(30(24)5)21(11-29)31(18)20/h8,18-21,24,32H,7,9-10,12H2,1-6H3/t18-,19-,20?,21-,24+/m0/s1. The molecule has 7 heteroatoms. The van der Waals surface area contributed by atoms with Gasteiger partial charge in [-0.15, -0.1) is 0 Å². The third kappa shape index (κ3) is 2.78.